The van der Waals surface area contributed by atoms with E-state index in [1.54, 1.807) is 21.5 Å². The number of rotatable bonds is 6. The maximum atomic E-state index is 13.3. The second kappa shape index (κ2) is 9.43. The summed E-state index contributed by atoms with van der Waals surface area (Å²) in [4.78, 5) is 4.73. The second-order valence-corrected chi connectivity index (χ2v) is 10.4. The van der Waals surface area contributed by atoms with Gasteiger partial charge in [0, 0.05) is 47.0 Å². The van der Waals surface area contributed by atoms with Crippen molar-refractivity contribution in [2.75, 3.05) is 0 Å². The Morgan fingerprint density at radius 1 is 0.974 bits per heavy atom. The number of aromatic nitrogens is 7. The molecule has 0 aliphatic heterocycles. The fourth-order valence-corrected chi connectivity index (χ4v) is 5.36. The molecule has 2 aromatic carbocycles. The molecule has 0 aliphatic carbocycles. The molecule has 0 spiro atoms. The normalized spacial score (nSPS) is 12.7. The van der Waals surface area contributed by atoms with Crippen molar-refractivity contribution in [2.45, 2.75) is 46.3 Å². The van der Waals surface area contributed by atoms with Crippen LogP contribution in [0, 0.1) is 19.7 Å². The molecule has 0 amide bonds. The molecule has 0 aliphatic rings. The molecule has 6 rings (SSSR count). The van der Waals surface area contributed by atoms with Crippen LogP contribution in [0.4, 0.5) is 4.39 Å². The fraction of sp³-hybridized carbons (Fsp3) is 0.267. The molecule has 1 atom stereocenters. The summed E-state index contributed by atoms with van der Waals surface area (Å²) < 4.78 is 18.8. The van der Waals surface area contributed by atoms with Crippen molar-refractivity contribution < 1.29 is 9.50 Å². The number of nitrogens with zero attached hydrogens (tertiary/aromatic N) is 7. The van der Waals surface area contributed by atoms with Crippen LogP contribution in [0.2, 0.25) is 0 Å². The van der Waals surface area contributed by atoms with Gasteiger partial charge in [0.15, 0.2) is 5.65 Å². The van der Waals surface area contributed by atoms with E-state index in [0.717, 1.165) is 50.2 Å². The van der Waals surface area contributed by atoms with Gasteiger partial charge in [-0.2, -0.15) is 15.3 Å². The van der Waals surface area contributed by atoms with Crippen molar-refractivity contribution >= 4 is 21.9 Å². The van der Waals surface area contributed by atoms with Gasteiger partial charge in [-0.05, 0) is 49.6 Å². The number of aliphatic hydroxyl groups excluding tert-OH is 1. The van der Waals surface area contributed by atoms with Crippen molar-refractivity contribution in [3.63, 3.8) is 0 Å². The van der Waals surface area contributed by atoms with Gasteiger partial charge in [-0.3, -0.25) is 9.36 Å². The van der Waals surface area contributed by atoms with Gasteiger partial charge in [0.05, 0.1) is 35.2 Å². The lowest BCUT2D eigenvalue weighted by molar-refractivity contribution is 0.152. The van der Waals surface area contributed by atoms with Crippen molar-refractivity contribution in [2.24, 2.45) is 7.05 Å². The van der Waals surface area contributed by atoms with Gasteiger partial charge in [0.25, 0.3) is 0 Å². The average molecular weight is 524 g/mol. The van der Waals surface area contributed by atoms with Crippen molar-refractivity contribution in [1.29, 1.82) is 0 Å². The Morgan fingerprint density at radius 3 is 2.49 bits per heavy atom. The van der Waals surface area contributed by atoms with Crippen molar-refractivity contribution in [1.82, 2.24) is 34.3 Å². The SMILES string of the molecule is Cc1nc2nn(C)cc2cc1-n1nc(-c2cccc3nn(C[C@H](O)c4ccc(F)cc4)cc23)c(C(C)C)c1C. The van der Waals surface area contributed by atoms with E-state index in [2.05, 4.69) is 38.0 Å². The Bertz CT molecular complexity index is 1830. The highest BCUT2D eigenvalue weighted by molar-refractivity contribution is 5.94. The minimum absolute atomic E-state index is 0.231. The molecule has 8 nitrogen and oxygen atoms in total. The van der Waals surface area contributed by atoms with Gasteiger partial charge in [-0.15, -0.1) is 0 Å². The Balaban J connectivity index is 1.45. The topological polar surface area (TPSA) is 86.6 Å². The Kier molecular flexibility index (Phi) is 6.03. The predicted molar refractivity (Wildman–Crippen MR) is 149 cm³/mol. The van der Waals surface area contributed by atoms with E-state index in [1.807, 2.05) is 43.2 Å². The number of pyridine rings is 1. The summed E-state index contributed by atoms with van der Waals surface area (Å²) in [5.41, 5.74) is 8.05. The molecule has 4 heterocycles. The third-order valence-electron chi connectivity index (χ3n) is 7.21. The van der Waals surface area contributed by atoms with E-state index in [-0.39, 0.29) is 18.3 Å². The van der Waals surface area contributed by atoms with Crippen LogP contribution in [-0.4, -0.2) is 39.4 Å². The quantitative estimate of drug-likeness (QED) is 0.299. The number of hydrogen-bond donors (Lipinski definition) is 1. The van der Waals surface area contributed by atoms with Crippen LogP contribution < -0.4 is 0 Å². The highest BCUT2D eigenvalue weighted by atomic mass is 19.1. The highest BCUT2D eigenvalue weighted by Gasteiger charge is 2.23. The highest BCUT2D eigenvalue weighted by Crippen LogP contribution is 2.37. The molecule has 0 fully saturated rings. The van der Waals surface area contributed by atoms with E-state index in [9.17, 15) is 9.50 Å². The van der Waals surface area contributed by atoms with Crippen LogP contribution in [0.1, 0.15) is 48.4 Å². The number of halogens is 1. The van der Waals surface area contributed by atoms with E-state index in [4.69, 9.17) is 15.2 Å². The number of aliphatic hydroxyl groups is 1. The first kappa shape index (κ1) is 24.9. The monoisotopic (exact) mass is 523 g/mol. The molecule has 198 valence electrons. The average Bonchev–Trinajstić information content (AvgIpc) is 3.57. The minimum atomic E-state index is -0.811. The van der Waals surface area contributed by atoms with Crippen LogP contribution in [0.3, 0.4) is 0 Å². The first-order valence-electron chi connectivity index (χ1n) is 13.0. The smallest absolute Gasteiger partial charge is 0.181 e. The van der Waals surface area contributed by atoms with Gasteiger partial charge in [-0.25, -0.2) is 14.1 Å². The van der Waals surface area contributed by atoms with E-state index in [0.29, 0.717) is 11.2 Å². The van der Waals surface area contributed by atoms with Crippen LogP contribution in [0.25, 0.3) is 38.9 Å². The summed E-state index contributed by atoms with van der Waals surface area (Å²) in [6.07, 6.45) is 3.10. The second-order valence-electron chi connectivity index (χ2n) is 10.4. The molecule has 1 N–H and O–H groups in total. The number of aryl methyl sites for hydroxylation is 2. The summed E-state index contributed by atoms with van der Waals surface area (Å²) in [7, 11) is 1.89. The van der Waals surface area contributed by atoms with E-state index < -0.39 is 6.10 Å². The van der Waals surface area contributed by atoms with E-state index >= 15 is 0 Å². The van der Waals surface area contributed by atoms with Crippen LogP contribution in [0.15, 0.2) is 60.9 Å². The zero-order chi connectivity index (χ0) is 27.4. The molecule has 0 radical (unpaired) electrons. The molecule has 6 aromatic rings. The van der Waals surface area contributed by atoms with Gasteiger partial charge >= 0.3 is 0 Å². The lowest BCUT2D eigenvalue weighted by Crippen LogP contribution is -2.09. The zero-order valence-corrected chi connectivity index (χ0v) is 22.6. The summed E-state index contributed by atoms with van der Waals surface area (Å²) in [5.74, 6) is -0.0998. The molecule has 9 heteroatoms. The largest absolute Gasteiger partial charge is 0.386 e. The summed E-state index contributed by atoms with van der Waals surface area (Å²) >= 11 is 0. The standard InChI is InChI=1S/C30H30FN7O/c1-17(2)28-19(4)38(26-13-21-14-36(5)35-30(21)32-18(26)3)34-29(28)23-7-6-8-25-24(23)15-37(33-25)16-27(39)20-9-11-22(31)12-10-20/h6-15,17,27,39H,16H2,1-5H3/t27-/m0/s1. The molecule has 0 saturated carbocycles. The molecule has 39 heavy (non-hydrogen) atoms. The Morgan fingerprint density at radius 2 is 1.74 bits per heavy atom. The molecular formula is C30H30FN7O. The first-order valence-corrected chi connectivity index (χ1v) is 13.0. The van der Waals surface area contributed by atoms with Crippen LogP contribution in [0.5, 0.6) is 0 Å². The number of fused-ring (bicyclic) bond motifs is 2. The molecular weight excluding hydrogens is 493 g/mol. The molecule has 4 aromatic heterocycles. The Hall–Kier alpha value is -4.37. The third kappa shape index (κ3) is 4.38. The van der Waals surface area contributed by atoms with Gasteiger partial charge < -0.3 is 5.11 Å². The fourth-order valence-electron chi connectivity index (χ4n) is 5.36. The van der Waals surface area contributed by atoms with Crippen molar-refractivity contribution in [3.05, 3.63) is 89.3 Å². The summed E-state index contributed by atoms with van der Waals surface area (Å²) in [6.45, 7) is 8.68. The first-order chi connectivity index (χ1) is 18.7. The number of benzene rings is 2. The molecule has 0 bridgehead atoms. The maximum absolute atomic E-state index is 13.3. The number of hydrogen-bond acceptors (Lipinski definition) is 5. The van der Waals surface area contributed by atoms with Gasteiger partial charge in [0.2, 0.25) is 0 Å². The minimum Gasteiger partial charge on any atom is -0.386 e. The lowest BCUT2D eigenvalue weighted by Gasteiger charge is -2.10. The third-order valence-corrected chi connectivity index (χ3v) is 7.21. The van der Waals surface area contributed by atoms with Crippen LogP contribution in [-0.2, 0) is 13.6 Å². The predicted octanol–water partition coefficient (Wildman–Crippen LogP) is 5.78. The molecule has 0 saturated heterocycles. The van der Waals surface area contributed by atoms with Crippen LogP contribution >= 0.6 is 0 Å². The van der Waals surface area contributed by atoms with Gasteiger partial charge in [0.1, 0.15) is 5.82 Å². The molecule has 0 unspecified atom stereocenters. The maximum Gasteiger partial charge on any atom is 0.181 e. The zero-order valence-electron chi connectivity index (χ0n) is 22.6. The van der Waals surface area contributed by atoms with Gasteiger partial charge in [-0.1, -0.05) is 38.1 Å². The van der Waals surface area contributed by atoms with Crippen molar-refractivity contribution in [3.8, 4) is 16.9 Å². The summed E-state index contributed by atoms with van der Waals surface area (Å²) in [6, 6.07) is 14.0. The van der Waals surface area contributed by atoms with E-state index in [1.165, 1.54) is 12.1 Å². The lowest BCUT2D eigenvalue weighted by atomic mass is 9.95. The summed E-state index contributed by atoms with van der Waals surface area (Å²) in [5, 5.41) is 27.0. The Labute approximate surface area is 225 Å².